The van der Waals surface area contributed by atoms with Gasteiger partial charge in [-0.3, -0.25) is 0 Å². The maximum atomic E-state index is 3.44. The van der Waals surface area contributed by atoms with Crippen LogP contribution in [-0.2, 0) is 0 Å². The van der Waals surface area contributed by atoms with Gasteiger partial charge in [0.05, 0.1) is 0 Å². The molecule has 0 spiro atoms. The van der Waals surface area contributed by atoms with E-state index in [-0.39, 0.29) is 0 Å². The van der Waals surface area contributed by atoms with Crippen molar-refractivity contribution >= 4 is 0 Å². The first-order valence-electron chi connectivity index (χ1n) is 6.67. The monoisotopic (exact) mass is 210 g/mol. The van der Waals surface area contributed by atoms with E-state index in [9.17, 15) is 0 Å². The van der Waals surface area contributed by atoms with Crippen molar-refractivity contribution in [3.63, 3.8) is 0 Å². The fraction of sp³-hybridized carbons (Fsp3) is 1.00. The molecule has 2 aliphatic heterocycles. The minimum atomic E-state index is 0.885. The molecular formula is C13H26N2. The average molecular weight is 210 g/mol. The largest absolute Gasteiger partial charge is 0.317 e. The van der Waals surface area contributed by atoms with Crippen LogP contribution in [-0.4, -0.2) is 37.6 Å². The molecular weight excluding hydrogens is 184 g/mol. The summed E-state index contributed by atoms with van der Waals surface area (Å²) in [5.74, 6) is 2.87. The van der Waals surface area contributed by atoms with E-state index in [0.29, 0.717) is 0 Å². The molecule has 1 N–H and O–H groups in total. The van der Waals surface area contributed by atoms with E-state index in [0.717, 1.165) is 17.8 Å². The van der Waals surface area contributed by atoms with Gasteiger partial charge in [-0.25, -0.2) is 0 Å². The van der Waals surface area contributed by atoms with Crippen molar-refractivity contribution in [2.45, 2.75) is 33.1 Å². The molecule has 0 aromatic heterocycles. The Morgan fingerprint density at radius 3 is 2.40 bits per heavy atom. The van der Waals surface area contributed by atoms with Crippen molar-refractivity contribution in [1.29, 1.82) is 0 Å². The highest BCUT2D eigenvalue weighted by atomic mass is 15.2. The summed E-state index contributed by atoms with van der Waals surface area (Å²) in [7, 11) is 0. The molecule has 0 aromatic rings. The predicted octanol–water partition coefficient (Wildman–Crippen LogP) is 1.96. The molecule has 2 heteroatoms. The molecule has 88 valence electrons. The van der Waals surface area contributed by atoms with Crippen LogP contribution in [0.2, 0.25) is 0 Å². The highest BCUT2D eigenvalue weighted by molar-refractivity contribution is 4.83. The second-order valence-electron chi connectivity index (χ2n) is 5.91. The summed E-state index contributed by atoms with van der Waals surface area (Å²) in [5, 5.41) is 3.44. The first-order valence-corrected chi connectivity index (χ1v) is 6.67. The van der Waals surface area contributed by atoms with Crippen molar-refractivity contribution in [3.05, 3.63) is 0 Å². The van der Waals surface area contributed by atoms with Crippen molar-refractivity contribution in [3.8, 4) is 0 Å². The lowest BCUT2D eigenvalue weighted by Crippen LogP contribution is -2.49. The fourth-order valence-electron chi connectivity index (χ4n) is 3.07. The zero-order valence-corrected chi connectivity index (χ0v) is 10.3. The van der Waals surface area contributed by atoms with E-state index in [1.54, 1.807) is 0 Å². The van der Waals surface area contributed by atoms with Crippen LogP contribution >= 0.6 is 0 Å². The van der Waals surface area contributed by atoms with Crippen molar-refractivity contribution in [1.82, 2.24) is 10.2 Å². The minimum absolute atomic E-state index is 0.885. The smallest absolute Gasteiger partial charge is 0.00222 e. The number of nitrogens with one attached hydrogen (secondary N) is 1. The SMILES string of the molecule is CC(C)CC1CN(CC2CCNCC2)C1. The van der Waals surface area contributed by atoms with Crippen LogP contribution in [0.3, 0.4) is 0 Å². The van der Waals surface area contributed by atoms with Crippen LogP contribution in [0.25, 0.3) is 0 Å². The first-order chi connectivity index (χ1) is 7.24. The van der Waals surface area contributed by atoms with Crippen LogP contribution in [0, 0.1) is 17.8 Å². The molecule has 15 heavy (non-hydrogen) atoms. The van der Waals surface area contributed by atoms with E-state index in [4.69, 9.17) is 0 Å². The maximum absolute atomic E-state index is 3.44. The third-order valence-electron chi connectivity index (χ3n) is 3.81. The van der Waals surface area contributed by atoms with Crippen LogP contribution < -0.4 is 5.32 Å². The number of rotatable bonds is 4. The second-order valence-corrected chi connectivity index (χ2v) is 5.91. The van der Waals surface area contributed by atoms with E-state index in [1.807, 2.05) is 0 Å². The molecule has 0 amide bonds. The summed E-state index contributed by atoms with van der Waals surface area (Å²) in [5.41, 5.74) is 0. The molecule has 2 aliphatic rings. The predicted molar refractivity (Wildman–Crippen MR) is 65.0 cm³/mol. The van der Waals surface area contributed by atoms with Crippen molar-refractivity contribution in [2.24, 2.45) is 17.8 Å². The molecule has 0 atom stereocenters. The summed E-state index contributed by atoms with van der Waals surface area (Å²) in [6.45, 7) is 11.3. The van der Waals surface area contributed by atoms with E-state index in [1.165, 1.54) is 52.0 Å². The Morgan fingerprint density at radius 1 is 1.13 bits per heavy atom. The van der Waals surface area contributed by atoms with Crippen LogP contribution in [0.5, 0.6) is 0 Å². The molecule has 2 rings (SSSR count). The van der Waals surface area contributed by atoms with Crippen LogP contribution in [0.1, 0.15) is 33.1 Å². The average Bonchev–Trinajstić information content (AvgIpc) is 2.15. The number of hydrogen-bond donors (Lipinski definition) is 1. The third-order valence-corrected chi connectivity index (χ3v) is 3.81. The fourth-order valence-corrected chi connectivity index (χ4v) is 3.07. The Bertz CT molecular complexity index is 179. The van der Waals surface area contributed by atoms with Gasteiger partial charge in [0.2, 0.25) is 0 Å². The summed E-state index contributed by atoms with van der Waals surface area (Å²) in [6.07, 6.45) is 4.22. The lowest BCUT2D eigenvalue weighted by Gasteiger charge is -2.42. The minimum Gasteiger partial charge on any atom is -0.317 e. The van der Waals surface area contributed by atoms with E-state index < -0.39 is 0 Å². The lowest BCUT2D eigenvalue weighted by molar-refractivity contribution is 0.0626. The molecule has 0 saturated carbocycles. The van der Waals surface area contributed by atoms with Crippen molar-refractivity contribution in [2.75, 3.05) is 32.7 Å². The Balaban J connectivity index is 1.58. The molecule has 0 aliphatic carbocycles. The highest BCUT2D eigenvalue weighted by Gasteiger charge is 2.28. The molecule has 2 saturated heterocycles. The van der Waals surface area contributed by atoms with Crippen LogP contribution in [0.15, 0.2) is 0 Å². The van der Waals surface area contributed by atoms with Crippen molar-refractivity contribution < 1.29 is 0 Å². The zero-order chi connectivity index (χ0) is 10.7. The normalized spacial score (nSPS) is 25.8. The van der Waals surface area contributed by atoms with Gasteiger partial charge in [-0.15, -0.1) is 0 Å². The second kappa shape index (κ2) is 5.31. The highest BCUT2D eigenvalue weighted by Crippen LogP contribution is 2.25. The topological polar surface area (TPSA) is 15.3 Å². The van der Waals surface area contributed by atoms with Gasteiger partial charge in [0.1, 0.15) is 0 Å². The van der Waals surface area contributed by atoms with Crippen LogP contribution in [0.4, 0.5) is 0 Å². The molecule has 2 heterocycles. The Morgan fingerprint density at radius 2 is 1.80 bits per heavy atom. The standard InChI is InChI=1S/C13H26N2/c1-11(2)7-13-9-15(10-13)8-12-3-5-14-6-4-12/h11-14H,3-10H2,1-2H3. The quantitative estimate of drug-likeness (QED) is 0.763. The maximum Gasteiger partial charge on any atom is 0.00222 e. The number of hydrogen-bond acceptors (Lipinski definition) is 2. The van der Waals surface area contributed by atoms with Gasteiger partial charge in [-0.05, 0) is 50.1 Å². The van der Waals surface area contributed by atoms with Gasteiger partial charge >= 0.3 is 0 Å². The number of piperidine rings is 1. The van der Waals surface area contributed by atoms with Gasteiger partial charge in [-0.1, -0.05) is 13.8 Å². The molecule has 0 radical (unpaired) electrons. The van der Waals surface area contributed by atoms with Gasteiger partial charge in [0.15, 0.2) is 0 Å². The summed E-state index contributed by atoms with van der Waals surface area (Å²) in [4.78, 5) is 2.67. The Labute approximate surface area is 94.4 Å². The Kier molecular flexibility index (Phi) is 4.04. The first kappa shape index (κ1) is 11.4. The molecule has 0 aromatic carbocycles. The molecule has 0 unspecified atom stereocenters. The van der Waals surface area contributed by atoms with E-state index in [2.05, 4.69) is 24.1 Å². The molecule has 2 fully saturated rings. The summed E-state index contributed by atoms with van der Waals surface area (Å²) in [6, 6.07) is 0. The Hall–Kier alpha value is -0.0800. The molecule has 2 nitrogen and oxygen atoms in total. The van der Waals surface area contributed by atoms with Gasteiger partial charge in [-0.2, -0.15) is 0 Å². The van der Waals surface area contributed by atoms with Gasteiger partial charge < -0.3 is 10.2 Å². The number of likely N-dealkylation sites (tertiary alicyclic amines) is 1. The van der Waals surface area contributed by atoms with E-state index >= 15 is 0 Å². The van der Waals surface area contributed by atoms with Gasteiger partial charge in [0.25, 0.3) is 0 Å². The van der Waals surface area contributed by atoms with Gasteiger partial charge in [0, 0.05) is 19.6 Å². The summed E-state index contributed by atoms with van der Waals surface area (Å²) >= 11 is 0. The zero-order valence-electron chi connectivity index (χ0n) is 10.3. The lowest BCUT2D eigenvalue weighted by atomic mass is 9.88. The third kappa shape index (κ3) is 3.46. The molecule has 0 bridgehead atoms. The number of nitrogens with zero attached hydrogens (tertiary/aromatic N) is 1. The summed E-state index contributed by atoms with van der Waals surface area (Å²) < 4.78 is 0.